The Bertz CT molecular complexity index is 470. The molecule has 0 unspecified atom stereocenters. The first-order valence-electron chi connectivity index (χ1n) is 8.22. The molecule has 23 heavy (non-hydrogen) atoms. The number of hydrogen-bond acceptors (Lipinski definition) is 3. The fraction of sp³-hybridized carbons (Fsp3) is 0.611. The van der Waals surface area contributed by atoms with Crippen LogP contribution in [0, 0.1) is 0 Å². The summed E-state index contributed by atoms with van der Waals surface area (Å²) in [5, 5.41) is 5.67. The van der Waals surface area contributed by atoms with E-state index in [9.17, 15) is 4.79 Å². The van der Waals surface area contributed by atoms with Crippen LogP contribution in [0.4, 0.5) is 4.79 Å². The molecule has 130 valence electrons. The highest BCUT2D eigenvalue weighted by Crippen LogP contribution is 2.13. The van der Waals surface area contributed by atoms with Gasteiger partial charge >= 0.3 is 6.03 Å². The van der Waals surface area contributed by atoms with Crippen molar-refractivity contribution in [1.82, 2.24) is 10.6 Å². The summed E-state index contributed by atoms with van der Waals surface area (Å²) in [6, 6.07) is 7.91. The van der Waals surface area contributed by atoms with Crippen LogP contribution in [0.2, 0.25) is 0 Å². The zero-order valence-corrected chi connectivity index (χ0v) is 14.8. The second kappa shape index (κ2) is 10.2. The van der Waals surface area contributed by atoms with Crippen molar-refractivity contribution in [3.8, 4) is 0 Å². The van der Waals surface area contributed by atoms with E-state index in [1.54, 1.807) is 0 Å². The van der Waals surface area contributed by atoms with Crippen molar-refractivity contribution in [2.45, 2.75) is 52.9 Å². The number of nitrogens with one attached hydrogen (secondary N) is 2. The Kier molecular flexibility index (Phi) is 8.66. The Balaban J connectivity index is 2.30. The van der Waals surface area contributed by atoms with E-state index in [2.05, 4.69) is 16.7 Å². The van der Waals surface area contributed by atoms with Crippen LogP contribution in [-0.4, -0.2) is 31.4 Å². The molecule has 0 saturated heterocycles. The fourth-order valence-corrected chi connectivity index (χ4v) is 1.89. The van der Waals surface area contributed by atoms with E-state index in [-0.39, 0.29) is 11.6 Å². The number of carbonyl (C=O) groups excluding carboxylic acids is 1. The molecule has 0 aromatic heterocycles. The summed E-state index contributed by atoms with van der Waals surface area (Å²) < 4.78 is 11.0. The first-order chi connectivity index (χ1) is 10.9. The fourth-order valence-electron chi connectivity index (χ4n) is 1.89. The van der Waals surface area contributed by atoms with Gasteiger partial charge in [0.2, 0.25) is 0 Å². The van der Waals surface area contributed by atoms with Gasteiger partial charge in [-0.15, -0.1) is 0 Å². The molecular weight excluding hydrogens is 292 g/mol. The van der Waals surface area contributed by atoms with E-state index in [1.165, 1.54) is 0 Å². The van der Waals surface area contributed by atoms with Crippen LogP contribution in [0.25, 0.3) is 0 Å². The zero-order valence-electron chi connectivity index (χ0n) is 14.8. The van der Waals surface area contributed by atoms with E-state index in [4.69, 9.17) is 9.47 Å². The topological polar surface area (TPSA) is 59.6 Å². The molecule has 5 nitrogen and oxygen atoms in total. The number of carbonyl (C=O) groups is 1. The summed E-state index contributed by atoms with van der Waals surface area (Å²) in [7, 11) is 0. The quantitative estimate of drug-likeness (QED) is 0.686. The number of ether oxygens (including phenoxy) is 2. The molecule has 2 N–H and O–H groups in total. The molecule has 0 saturated carbocycles. The first kappa shape index (κ1) is 19.5. The lowest BCUT2D eigenvalue weighted by molar-refractivity contribution is -0.0149. The molecule has 1 aromatic carbocycles. The molecular formula is C18H30N2O3. The third kappa shape index (κ3) is 9.92. The maximum Gasteiger partial charge on any atom is 0.315 e. The summed E-state index contributed by atoms with van der Waals surface area (Å²) in [4.78, 5) is 11.7. The van der Waals surface area contributed by atoms with Crippen LogP contribution in [0.3, 0.4) is 0 Å². The molecule has 0 aliphatic rings. The highest BCUT2D eigenvalue weighted by molar-refractivity contribution is 5.73. The molecule has 0 aliphatic heterocycles. The van der Waals surface area contributed by atoms with Gasteiger partial charge in [-0.2, -0.15) is 0 Å². The minimum atomic E-state index is -0.157. The molecule has 0 fully saturated rings. The van der Waals surface area contributed by atoms with Gasteiger partial charge in [-0.1, -0.05) is 24.3 Å². The van der Waals surface area contributed by atoms with Crippen molar-refractivity contribution in [2.75, 3.05) is 19.8 Å². The van der Waals surface area contributed by atoms with Crippen molar-refractivity contribution in [3.63, 3.8) is 0 Å². The minimum absolute atomic E-state index is 0.155. The highest BCUT2D eigenvalue weighted by atomic mass is 16.5. The van der Waals surface area contributed by atoms with Crippen molar-refractivity contribution in [1.29, 1.82) is 0 Å². The van der Waals surface area contributed by atoms with Gasteiger partial charge in [0.15, 0.2) is 0 Å². The molecule has 0 radical (unpaired) electrons. The van der Waals surface area contributed by atoms with Gasteiger partial charge in [0, 0.05) is 26.3 Å². The van der Waals surface area contributed by atoms with Gasteiger partial charge in [0.05, 0.1) is 12.2 Å². The van der Waals surface area contributed by atoms with Crippen LogP contribution >= 0.6 is 0 Å². The Morgan fingerprint density at radius 2 is 1.91 bits per heavy atom. The zero-order chi connectivity index (χ0) is 17.1. The third-order valence-corrected chi connectivity index (χ3v) is 3.07. The maximum atomic E-state index is 11.7. The molecule has 0 spiro atoms. The van der Waals surface area contributed by atoms with Crippen molar-refractivity contribution in [2.24, 2.45) is 0 Å². The lowest BCUT2D eigenvalue weighted by atomic mass is 10.1. The molecule has 1 rings (SSSR count). The Morgan fingerprint density at radius 3 is 2.61 bits per heavy atom. The smallest absolute Gasteiger partial charge is 0.315 e. The van der Waals surface area contributed by atoms with E-state index in [0.29, 0.717) is 32.9 Å². The Labute approximate surface area is 139 Å². The Hall–Kier alpha value is -1.59. The van der Waals surface area contributed by atoms with E-state index in [1.807, 2.05) is 45.9 Å². The van der Waals surface area contributed by atoms with Crippen molar-refractivity contribution >= 4 is 6.03 Å². The summed E-state index contributed by atoms with van der Waals surface area (Å²) >= 11 is 0. The molecule has 0 heterocycles. The third-order valence-electron chi connectivity index (χ3n) is 3.07. The van der Waals surface area contributed by atoms with Crippen molar-refractivity contribution < 1.29 is 14.3 Å². The summed E-state index contributed by atoms with van der Waals surface area (Å²) in [6.45, 7) is 11.1. The standard InChI is InChI=1S/C18H30N2O3/c1-5-22-11-7-10-19-17(21)20-13-15-8-6-9-16(12-15)14-23-18(2,3)4/h6,8-9,12H,5,7,10-11,13-14H2,1-4H3,(H2,19,20,21). The molecule has 2 amide bonds. The summed E-state index contributed by atoms with van der Waals surface area (Å²) in [5.41, 5.74) is 2.01. The second-order valence-corrected chi connectivity index (χ2v) is 6.38. The number of benzene rings is 1. The number of rotatable bonds is 9. The van der Waals surface area contributed by atoms with Crippen LogP contribution in [0.15, 0.2) is 24.3 Å². The van der Waals surface area contributed by atoms with E-state index < -0.39 is 0 Å². The lowest BCUT2D eigenvalue weighted by Gasteiger charge is -2.19. The van der Waals surface area contributed by atoms with Crippen LogP contribution in [0.5, 0.6) is 0 Å². The van der Waals surface area contributed by atoms with Gasteiger partial charge in [0.25, 0.3) is 0 Å². The largest absolute Gasteiger partial charge is 0.382 e. The summed E-state index contributed by atoms with van der Waals surface area (Å²) in [6.07, 6.45) is 0.820. The predicted octanol–water partition coefficient (Wildman–Crippen LogP) is 3.23. The number of hydrogen-bond donors (Lipinski definition) is 2. The van der Waals surface area contributed by atoms with Crippen LogP contribution in [-0.2, 0) is 22.6 Å². The minimum Gasteiger partial charge on any atom is -0.382 e. The monoisotopic (exact) mass is 322 g/mol. The highest BCUT2D eigenvalue weighted by Gasteiger charge is 2.10. The van der Waals surface area contributed by atoms with Gasteiger partial charge in [-0.3, -0.25) is 0 Å². The molecule has 0 aliphatic carbocycles. The first-order valence-corrected chi connectivity index (χ1v) is 8.22. The number of amides is 2. The van der Waals surface area contributed by atoms with Crippen LogP contribution in [0.1, 0.15) is 45.2 Å². The molecule has 1 aromatic rings. The molecule has 0 bridgehead atoms. The molecule has 5 heteroatoms. The van der Waals surface area contributed by atoms with Crippen molar-refractivity contribution in [3.05, 3.63) is 35.4 Å². The normalized spacial score (nSPS) is 11.3. The maximum absolute atomic E-state index is 11.7. The number of urea groups is 1. The SMILES string of the molecule is CCOCCCNC(=O)NCc1cccc(COC(C)(C)C)c1. The van der Waals surface area contributed by atoms with Gasteiger partial charge in [-0.05, 0) is 45.2 Å². The predicted molar refractivity (Wildman–Crippen MR) is 92.3 cm³/mol. The second-order valence-electron chi connectivity index (χ2n) is 6.38. The lowest BCUT2D eigenvalue weighted by Crippen LogP contribution is -2.35. The van der Waals surface area contributed by atoms with Gasteiger partial charge in [0.1, 0.15) is 0 Å². The average Bonchev–Trinajstić information content (AvgIpc) is 2.50. The average molecular weight is 322 g/mol. The molecule has 0 atom stereocenters. The van der Waals surface area contributed by atoms with Gasteiger partial charge in [-0.25, -0.2) is 4.79 Å². The van der Waals surface area contributed by atoms with Crippen LogP contribution < -0.4 is 10.6 Å². The van der Waals surface area contributed by atoms with Gasteiger partial charge < -0.3 is 20.1 Å². The Morgan fingerprint density at radius 1 is 1.17 bits per heavy atom. The van der Waals surface area contributed by atoms with E-state index in [0.717, 1.165) is 17.5 Å². The summed E-state index contributed by atoms with van der Waals surface area (Å²) in [5.74, 6) is 0. The van der Waals surface area contributed by atoms with E-state index >= 15 is 0 Å².